The number of carbonyl (C=O) groups is 1. The minimum Gasteiger partial charge on any atom is -0.507 e. The molecule has 3 aromatic carbocycles. The molecular formula is C25H18O7. The lowest BCUT2D eigenvalue weighted by Gasteiger charge is -2.26. The summed E-state index contributed by atoms with van der Waals surface area (Å²) in [6.07, 6.45) is 1.34. The van der Waals surface area contributed by atoms with Gasteiger partial charge in [-0.1, -0.05) is 36.4 Å². The number of methoxy groups -OCH3 is 1. The van der Waals surface area contributed by atoms with Crippen molar-refractivity contribution in [1.82, 2.24) is 0 Å². The number of aromatic hydroxyl groups is 2. The number of carbonyl (C=O) groups excluding carboxylic acids is 1. The summed E-state index contributed by atoms with van der Waals surface area (Å²) in [7, 11) is 1.43. The summed E-state index contributed by atoms with van der Waals surface area (Å²) in [5, 5.41) is 20.6. The van der Waals surface area contributed by atoms with E-state index in [0.717, 1.165) is 0 Å². The Bertz CT molecular complexity index is 1420. The second-order valence-electron chi connectivity index (χ2n) is 7.52. The van der Waals surface area contributed by atoms with Crippen molar-refractivity contribution in [2.45, 2.75) is 12.3 Å². The molecule has 1 aromatic heterocycles. The molecular weight excluding hydrogens is 412 g/mol. The third-order valence-corrected chi connectivity index (χ3v) is 5.66. The molecule has 0 fully saturated rings. The number of hydrogen-bond donors (Lipinski definition) is 2. The fourth-order valence-electron chi connectivity index (χ4n) is 4.14. The maximum atomic E-state index is 13.3. The molecule has 0 spiro atoms. The van der Waals surface area contributed by atoms with Gasteiger partial charge in [0, 0.05) is 17.5 Å². The molecule has 0 radical (unpaired) electrons. The van der Waals surface area contributed by atoms with Crippen LogP contribution >= 0.6 is 0 Å². The van der Waals surface area contributed by atoms with Crippen LogP contribution in [-0.2, 0) is 4.79 Å². The van der Waals surface area contributed by atoms with E-state index >= 15 is 0 Å². The molecule has 7 nitrogen and oxygen atoms in total. The highest BCUT2D eigenvalue weighted by Crippen LogP contribution is 2.46. The average molecular weight is 430 g/mol. The van der Waals surface area contributed by atoms with E-state index in [1.54, 1.807) is 36.4 Å². The highest BCUT2D eigenvalue weighted by Gasteiger charge is 2.34. The molecule has 0 bridgehead atoms. The fraction of sp³-hybridized carbons (Fsp3) is 0.120. The van der Waals surface area contributed by atoms with Crippen LogP contribution in [0.25, 0.3) is 22.1 Å². The zero-order chi connectivity index (χ0) is 22.4. The van der Waals surface area contributed by atoms with E-state index in [2.05, 4.69) is 0 Å². The summed E-state index contributed by atoms with van der Waals surface area (Å²) in [5.41, 5.74) is 1.86. The predicted octanol–water partition coefficient (Wildman–Crippen LogP) is 4.32. The predicted molar refractivity (Wildman–Crippen MR) is 116 cm³/mol. The van der Waals surface area contributed by atoms with Gasteiger partial charge in [-0.05, 0) is 23.3 Å². The Morgan fingerprint density at radius 1 is 1.00 bits per heavy atom. The summed E-state index contributed by atoms with van der Waals surface area (Å²) in [4.78, 5) is 25.6. The van der Waals surface area contributed by atoms with Crippen LogP contribution in [0.1, 0.15) is 23.5 Å². The number of phenols is 2. The normalized spacial score (nSPS) is 15.3. The van der Waals surface area contributed by atoms with Crippen molar-refractivity contribution in [2.75, 3.05) is 7.11 Å². The number of esters is 1. The molecule has 2 N–H and O–H groups in total. The van der Waals surface area contributed by atoms with Crippen LogP contribution in [0.3, 0.4) is 0 Å². The summed E-state index contributed by atoms with van der Waals surface area (Å²) in [6.45, 7) is 0. The Kier molecular flexibility index (Phi) is 4.59. The highest BCUT2D eigenvalue weighted by molar-refractivity contribution is 5.94. The van der Waals surface area contributed by atoms with E-state index in [4.69, 9.17) is 13.9 Å². The van der Waals surface area contributed by atoms with Gasteiger partial charge in [0.2, 0.25) is 5.43 Å². The lowest BCUT2D eigenvalue weighted by Crippen LogP contribution is -2.22. The molecule has 32 heavy (non-hydrogen) atoms. The number of ether oxygens (including phenoxy) is 2. The molecule has 0 unspecified atom stereocenters. The molecule has 0 saturated heterocycles. The van der Waals surface area contributed by atoms with Gasteiger partial charge in [0.05, 0.1) is 19.1 Å². The van der Waals surface area contributed by atoms with Crippen molar-refractivity contribution < 1.29 is 28.9 Å². The zero-order valence-electron chi connectivity index (χ0n) is 17.0. The SMILES string of the molecule is COc1cc([C@@H]2CC(=O)Oc3cc(O)c4c(=O)c(-c5ccccc5)coc4c32)ccc1O. The minimum absolute atomic E-state index is 0.00898. The number of hydrogen-bond acceptors (Lipinski definition) is 7. The second kappa shape index (κ2) is 7.46. The van der Waals surface area contributed by atoms with Gasteiger partial charge < -0.3 is 24.1 Å². The highest BCUT2D eigenvalue weighted by atomic mass is 16.5. The first-order valence-corrected chi connectivity index (χ1v) is 9.92. The van der Waals surface area contributed by atoms with E-state index in [1.165, 1.54) is 25.5 Å². The Labute approximate surface area is 182 Å². The summed E-state index contributed by atoms with van der Waals surface area (Å²) >= 11 is 0. The third kappa shape index (κ3) is 3.06. The van der Waals surface area contributed by atoms with E-state index in [9.17, 15) is 19.8 Å². The average Bonchev–Trinajstić information content (AvgIpc) is 2.79. The van der Waals surface area contributed by atoms with Gasteiger partial charge >= 0.3 is 5.97 Å². The second-order valence-corrected chi connectivity index (χ2v) is 7.52. The van der Waals surface area contributed by atoms with Crippen molar-refractivity contribution in [2.24, 2.45) is 0 Å². The number of fused-ring (bicyclic) bond motifs is 3. The topological polar surface area (TPSA) is 106 Å². The maximum Gasteiger partial charge on any atom is 0.312 e. The third-order valence-electron chi connectivity index (χ3n) is 5.66. The maximum absolute atomic E-state index is 13.3. The first-order chi connectivity index (χ1) is 15.5. The van der Waals surface area contributed by atoms with Crippen molar-refractivity contribution >= 4 is 16.9 Å². The van der Waals surface area contributed by atoms with Crippen molar-refractivity contribution in [3.8, 4) is 34.1 Å². The Balaban J connectivity index is 1.78. The molecule has 1 aliphatic heterocycles. The van der Waals surface area contributed by atoms with Gasteiger partial charge in [0.15, 0.2) is 11.5 Å². The quantitative estimate of drug-likeness (QED) is 0.368. The van der Waals surface area contributed by atoms with E-state index < -0.39 is 17.3 Å². The molecule has 2 heterocycles. The van der Waals surface area contributed by atoms with Crippen LogP contribution in [-0.4, -0.2) is 23.3 Å². The van der Waals surface area contributed by atoms with Crippen molar-refractivity contribution in [3.05, 3.63) is 82.2 Å². The molecule has 1 atom stereocenters. The van der Waals surface area contributed by atoms with Gasteiger partial charge in [-0.2, -0.15) is 0 Å². The van der Waals surface area contributed by atoms with E-state index in [0.29, 0.717) is 22.3 Å². The van der Waals surface area contributed by atoms with Gasteiger partial charge in [0.1, 0.15) is 28.7 Å². The summed E-state index contributed by atoms with van der Waals surface area (Å²) in [5.74, 6) is -1.02. The Morgan fingerprint density at radius 3 is 2.53 bits per heavy atom. The first-order valence-electron chi connectivity index (χ1n) is 9.92. The standard InChI is InChI=1S/C25H18O7/c1-30-19-9-14(7-8-17(19)26)15-10-21(28)32-20-11-18(27)23-24(29)16(12-31-25(23)22(15)20)13-5-3-2-4-6-13/h2-9,11-12,15,26-27H,10H2,1H3/t15-/m0/s1. The summed E-state index contributed by atoms with van der Waals surface area (Å²) < 4.78 is 16.5. The van der Waals surface area contributed by atoms with Crippen molar-refractivity contribution in [1.29, 1.82) is 0 Å². The lowest BCUT2D eigenvalue weighted by molar-refractivity contribution is -0.135. The number of rotatable bonds is 3. The first kappa shape index (κ1) is 19.7. The molecule has 0 amide bonds. The van der Waals surface area contributed by atoms with E-state index in [-0.39, 0.29) is 40.4 Å². The molecule has 160 valence electrons. The van der Waals surface area contributed by atoms with Crippen LogP contribution < -0.4 is 14.9 Å². The van der Waals surface area contributed by atoms with Crippen LogP contribution in [0, 0.1) is 0 Å². The molecule has 1 aliphatic rings. The molecule has 7 heteroatoms. The minimum atomic E-state index is -0.533. The van der Waals surface area contributed by atoms with Crippen LogP contribution in [0.15, 0.2) is 70.1 Å². The van der Waals surface area contributed by atoms with Gasteiger partial charge in [-0.15, -0.1) is 0 Å². The number of phenolic OH excluding ortho intramolecular Hbond substituents is 2. The monoisotopic (exact) mass is 430 g/mol. The number of benzene rings is 3. The van der Waals surface area contributed by atoms with Gasteiger partial charge in [-0.25, -0.2) is 0 Å². The van der Waals surface area contributed by atoms with Crippen molar-refractivity contribution in [3.63, 3.8) is 0 Å². The Morgan fingerprint density at radius 2 is 1.78 bits per heavy atom. The lowest BCUT2D eigenvalue weighted by atomic mass is 9.84. The smallest absolute Gasteiger partial charge is 0.312 e. The van der Waals surface area contributed by atoms with Crippen LogP contribution in [0.5, 0.6) is 23.0 Å². The fourth-order valence-corrected chi connectivity index (χ4v) is 4.14. The van der Waals surface area contributed by atoms with Gasteiger partial charge in [0.25, 0.3) is 0 Å². The summed E-state index contributed by atoms with van der Waals surface area (Å²) in [6, 6.07) is 15.0. The molecule has 5 rings (SSSR count). The largest absolute Gasteiger partial charge is 0.507 e. The van der Waals surface area contributed by atoms with Crippen LogP contribution in [0.2, 0.25) is 0 Å². The zero-order valence-corrected chi connectivity index (χ0v) is 17.0. The van der Waals surface area contributed by atoms with Gasteiger partial charge in [-0.3, -0.25) is 9.59 Å². The molecule has 4 aromatic rings. The molecule has 0 saturated carbocycles. The Hall–Kier alpha value is -4.26. The van der Waals surface area contributed by atoms with E-state index in [1.807, 2.05) is 6.07 Å². The van der Waals surface area contributed by atoms with Crippen LogP contribution in [0.4, 0.5) is 0 Å². The molecule has 0 aliphatic carbocycles.